The maximum Gasteiger partial charge on any atom is 0.286 e. The number of aromatic nitrogens is 10. The van der Waals surface area contributed by atoms with Crippen LogP contribution in [0.4, 0.5) is 0 Å². The van der Waals surface area contributed by atoms with Crippen molar-refractivity contribution in [3.8, 4) is 0 Å². The van der Waals surface area contributed by atoms with E-state index >= 15 is 0 Å². The van der Waals surface area contributed by atoms with Gasteiger partial charge in [0.15, 0.2) is 0 Å². The van der Waals surface area contributed by atoms with E-state index in [1.54, 1.807) is 0 Å². The van der Waals surface area contributed by atoms with Crippen molar-refractivity contribution in [2.45, 2.75) is 101 Å². The molecule has 10 aromatic heterocycles. The lowest BCUT2D eigenvalue weighted by molar-refractivity contribution is -0.509. The van der Waals surface area contributed by atoms with Crippen LogP contribution in [0, 0.1) is 34.6 Å². The van der Waals surface area contributed by atoms with Crippen LogP contribution in [0.1, 0.15) is 90.9 Å². The van der Waals surface area contributed by atoms with E-state index in [9.17, 15) is 0 Å². The van der Waals surface area contributed by atoms with Crippen LogP contribution in [0.15, 0.2) is 183 Å². The first-order valence-electron chi connectivity index (χ1n) is 30.5. The Labute approximate surface area is 500 Å². The standard InChI is InChI=1S/5C15H17N2/c1-4-13-10-17-14-7-5-11(2)9-12(14)6-8-15(17)16(13)3;1-4-13-10-17-14-9-11(2)5-6-12(14)7-8-15(17)16(13)3;1-4-13-9-17-10-14-11(2)6-5-7-12(14)8-15(17)16(13)3;1-4-13-10-17-14(16(13)3)9-8-12-7-5-6-11(2)15(12)17;1-4-12-10-17-14-7-5-6-11(2)13(14)8-9-15(17)16(12)3/h5*5-10H,4H2,1-3H3/q5*+1. The van der Waals surface area contributed by atoms with Crippen LogP contribution < -0.4 is 22.0 Å². The summed E-state index contributed by atoms with van der Waals surface area (Å²) in [6, 6.07) is 52.5. The predicted molar refractivity (Wildman–Crippen MR) is 351 cm³/mol. The molecule has 15 rings (SSSR count). The number of fused-ring (bicyclic) bond motifs is 14. The molecule has 5 aromatic carbocycles. The van der Waals surface area contributed by atoms with Gasteiger partial charge in [0.1, 0.15) is 87.7 Å². The van der Waals surface area contributed by atoms with Crippen LogP contribution in [0.25, 0.3) is 82.6 Å². The minimum absolute atomic E-state index is 1.06. The summed E-state index contributed by atoms with van der Waals surface area (Å²) in [5.74, 6) is 0. The molecule has 0 spiro atoms. The number of pyridine rings is 5. The van der Waals surface area contributed by atoms with Gasteiger partial charge in [-0.05, 0) is 111 Å². The molecule has 0 aliphatic rings. The van der Waals surface area contributed by atoms with Gasteiger partial charge in [-0.2, -0.15) is 17.6 Å². The highest BCUT2D eigenvalue weighted by Crippen LogP contribution is 2.22. The fraction of sp³-hybridized carbons (Fsp3) is 0.267. The summed E-state index contributed by atoms with van der Waals surface area (Å²) in [7, 11) is 10.7. The Bertz CT molecular complexity index is 4920. The van der Waals surface area contributed by atoms with Crippen LogP contribution >= 0.6 is 0 Å². The van der Waals surface area contributed by atoms with Crippen LogP contribution in [-0.4, -0.2) is 22.8 Å². The lowest BCUT2D eigenvalue weighted by Gasteiger charge is -2.00. The van der Waals surface area contributed by atoms with E-state index in [-0.39, 0.29) is 0 Å². The molecule has 15 aromatic rings. The van der Waals surface area contributed by atoms with E-state index in [0.717, 1.165) is 32.1 Å². The fourth-order valence-electron chi connectivity index (χ4n) is 12.7. The van der Waals surface area contributed by atoms with Gasteiger partial charge < -0.3 is 0 Å². The first-order chi connectivity index (χ1) is 41.0. The van der Waals surface area contributed by atoms with Crippen molar-refractivity contribution >= 4 is 82.6 Å². The Morgan fingerprint density at radius 3 is 1.32 bits per heavy atom. The molecule has 430 valence electrons. The van der Waals surface area contributed by atoms with Crippen molar-refractivity contribution in [3.63, 3.8) is 0 Å². The summed E-state index contributed by atoms with van der Waals surface area (Å²) in [6.07, 6.45) is 18.8. The summed E-state index contributed by atoms with van der Waals surface area (Å²) in [5, 5.41) is 7.87. The van der Waals surface area contributed by atoms with Crippen LogP contribution in [0.5, 0.6) is 0 Å². The SMILES string of the molecule is CCc1c[n+]2c3c(C)cccc3ccc2n1C.CCc1c[n+]2c3cc(C)ccc3ccc2n1C.CCc1c[n+]2c3ccc(C)cc3ccc2n1C.CCc1c[n+]2c3cccc(C)c3ccc2n1C.CCc1c[n+]2cc3c(C)cccc3cc2n1C. The van der Waals surface area contributed by atoms with Gasteiger partial charge in [0.05, 0.1) is 35.2 Å². The number of para-hydroxylation sites is 1. The van der Waals surface area contributed by atoms with Crippen LogP contribution in [0.2, 0.25) is 0 Å². The zero-order valence-electron chi connectivity index (χ0n) is 52.8. The Morgan fingerprint density at radius 2 is 0.718 bits per heavy atom. The van der Waals surface area contributed by atoms with Crippen LogP contribution in [-0.2, 0) is 67.3 Å². The fourth-order valence-corrected chi connectivity index (χ4v) is 12.7. The molecule has 0 saturated heterocycles. The smallest absolute Gasteiger partial charge is 0.230 e. The van der Waals surface area contributed by atoms with Gasteiger partial charge in [0, 0.05) is 89.4 Å². The third-order valence-electron chi connectivity index (χ3n) is 17.8. The van der Waals surface area contributed by atoms with E-state index < -0.39 is 0 Å². The third kappa shape index (κ3) is 10.7. The van der Waals surface area contributed by atoms with Crippen molar-refractivity contribution < 1.29 is 22.0 Å². The molecule has 10 heterocycles. The molecular formula is C75H85N10+5. The summed E-state index contributed by atoms with van der Waals surface area (Å²) in [5.41, 5.74) is 24.8. The molecule has 0 aliphatic carbocycles. The predicted octanol–water partition coefficient (Wildman–Crippen LogP) is 13.9. The van der Waals surface area contributed by atoms with E-state index in [2.05, 4.69) is 332 Å². The van der Waals surface area contributed by atoms with Gasteiger partial charge in [-0.3, -0.25) is 0 Å². The molecule has 10 heteroatoms. The second-order valence-electron chi connectivity index (χ2n) is 23.2. The number of benzene rings is 5. The summed E-state index contributed by atoms with van der Waals surface area (Å²) in [4.78, 5) is 0. The quantitative estimate of drug-likeness (QED) is 0.154. The van der Waals surface area contributed by atoms with Crippen molar-refractivity contribution in [3.05, 3.63) is 239 Å². The first-order valence-corrected chi connectivity index (χ1v) is 30.5. The highest BCUT2D eigenvalue weighted by molar-refractivity contribution is 5.86. The zero-order valence-corrected chi connectivity index (χ0v) is 52.8. The van der Waals surface area contributed by atoms with Gasteiger partial charge in [-0.15, -0.1) is 0 Å². The van der Waals surface area contributed by atoms with E-state index in [0.29, 0.717) is 0 Å². The monoisotopic (exact) mass is 1130 g/mol. The third-order valence-corrected chi connectivity index (χ3v) is 17.8. The highest BCUT2D eigenvalue weighted by atomic mass is 15.1. The van der Waals surface area contributed by atoms with Crippen molar-refractivity contribution in [2.75, 3.05) is 0 Å². The molecule has 0 fully saturated rings. The molecule has 0 aliphatic heterocycles. The summed E-state index contributed by atoms with van der Waals surface area (Å²) < 4.78 is 22.7. The molecule has 0 N–H and O–H groups in total. The van der Waals surface area contributed by atoms with Gasteiger partial charge in [-0.1, -0.05) is 107 Å². The molecule has 0 radical (unpaired) electrons. The average Bonchev–Trinajstić information content (AvgIpc) is 4.53. The Morgan fingerprint density at radius 1 is 0.294 bits per heavy atom. The van der Waals surface area contributed by atoms with E-state index in [1.165, 1.54) is 139 Å². The second kappa shape index (κ2) is 23.8. The lowest BCUT2D eigenvalue weighted by atomic mass is 10.1. The van der Waals surface area contributed by atoms with Crippen molar-refractivity contribution in [1.29, 1.82) is 0 Å². The topological polar surface area (TPSA) is 45.1 Å². The average molecular weight is 1130 g/mol. The number of imidazole rings is 5. The van der Waals surface area contributed by atoms with Crippen molar-refractivity contribution in [2.24, 2.45) is 35.2 Å². The number of hydrogen-bond acceptors (Lipinski definition) is 0. The highest BCUT2D eigenvalue weighted by Gasteiger charge is 2.20. The molecular weight excluding hydrogens is 1040 g/mol. The molecule has 0 bridgehead atoms. The van der Waals surface area contributed by atoms with Gasteiger partial charge >= 0.3 is 0 Å². The lowest BCUT2D eigenvalue weighted by Crippen LogP contribution is -2.21. The maximum absolute atomic E-state index is 2.31. The zero-order chi connectivity index (χ0) is 60.0. The molecule has 0 atom stereocenters. The molecule has 0 amide bonds. The molecule has 0 saturated carbocycles. The Balaban J connectivity index is 0.000000111. The van der Waals surface area contributed by atoms with Crippen LogP contribution in [0.3, 0.4) is 0 Å². The van der Waals surface area contributed by atoms with Gasteiger partial charge in [0.2, 0.25) is 0 Å². The number of rotatable bonds is 5. The molecule has 0 unspecified atom stereocenters. The van der Waals surface area contributed by atoms with E-state index in [4.69, 9.17) is 0 Å². The Hall–Kier alpha value is -9.15. The molecule has 85 heavy (non-hydrogen) atoms. The summed E-state index contributed by atoms with van der Waals surface area (Å²) >= 11 is 0. The van der Waals surface area contributed by atoms with Crippen molar-refractivity contribution in [1.82, 2.24) is 22.8 Å². The number of hydrogen-bond donors (Lipinski definition) is 0. The maximum atomic E-state index is 2.31. The Kier molecular flexibility index (Phi) is 16.2. The number of nitrogens with zero attached hydrogens (tertiary/aromatic N) is 10. The largest absolute Gasteiger partial charge is 0.286 e. The molecule has 10 nitrogen and oxygen atoms in total. The summed E-state index contributed by atoms with van der Waals surface area (Å²) in [6.45, 7) is 21.8. The number of aryl methyl sites for hydroxylation is 15. The normalized spacial score (nSPS) is 11.5. The van der Waals surface area contributed by atoms with E-state index in [1.807, 2.05) is 0 Å². The first kappa shape index (κ1) is 57.7. The minimum atomic E-state index is 1.06. The second-order valence-corrected chi connectivity index (χ2v) is 23.2. The minimum Gasteiger partial charge on any atom is -0.230 e. The van der Waals surface area contributed by atoms with Gasteiger partial charge in [0.25, 0.3) is 28.2 Å². The van der Waals surface area contributed by atoms with Gasteiger partial charge in [-0.25, -0.2) is 27.2 Å².